The molecule has 0 fully saturated rings. The molecule has 2 nitrogen and oxygen atoms in total. The smallest absolute Gasteiger partial charge is 0.0541 e. The SMILES string of the molecule is c1ccc(-c2ccc(N3c4ccc(-c5ccc(-n6c7ccc(-c8ccccc8)cc7c7cc(-c8ccccc8)ccc76)cc5)cc4Cc4cc(-c5cccc6ccccc56)ccc43)cc2)cc1. The highest BCUT2D eigenvalue weighted by molar-refractivity contribution is 6.11. The van der Waals surface area contributed by atoms with Crippen LogP contribution < -0.4 is 4.90 Å². The Labute approximate surface area is 390 Å². The fraction of sp³-hybridized carbons (Fsp3) is 0.0154. The van der Waals surface area contributed by atoms with Gasteiger partial charge in [0.2, 0.25) is 0 Å². The molecule has 0 N–H and O–H groups in total. The van der Waals surface area contributed by atoms with Crippen LogP contribution >= 0.6 is 0 Å². The lowest BCUT2D eigenvalue weighted by molar-refractivity contribution is 1.09. The van der Waals surface area contributed by atoms with Gasteiger partial charge in [0.1, 0.15) is 0 Å². The maximum Gasteiger partial charge on any atom is 0.0541 e. The summed E-state index contributed by atoms with van der Waals surface area (Å²) in [7, 11) is 0. The van der Waals surface area contributed by atoms with Gasteiger partial charge in [-0.3, -0.25) is 0 Å². The minimum atomic E-state index is 0.838. The number of hydrogen-bond acceptors (Lipinski definition) is 1. The van der Waals surface area contributed by atoms with Gasteiger partial charge in [-0.25, -0.2) is 0 Å². The lowest BCUT2D eigenvalue weighted by Crippen LogP contribution is -2.18. The first-order valence-corrected chi connectivity index (χ1v) is 23.2. The molecule has 0 unspecified atom stereocenters. The normalized spacial score (nSPS) is 12.1. The van der Waals surface area contributed by atoms with Crippen molar-refractivity contribution < 1.29 is 0 Å². The predicted octanol–water partition coefficient (Wildman–Crippen LogP) is 17.6. The van der Waals surface area contributed by atoms with Gasteiger partial charge in [0.05, 0.1) is 11.0 Å². The van der Waals surface area contributed by atoms with E-state index in [0.717, 1.165) is 17.8 Å². The number of fused-ring (bicyclic) bond motifs is 6. The summed E-state index contributed by atoms with van der Waals surface area (Å²) < 4.78 is 2.43. The maximum atomic E-state index is 2.46. The third-order valence-corrected chi connectivity index (χ3v) is 13.8. The van der Waals surface area contributed by atoms with Crippen molar-refractivity contribution in [3.8, 4) is 61.3 Å². The second kappa shape index (κ2) is 16.1. The molecule has 314 valence electrons. The van der Waals surface area contributed by atoms with E-state index in [9.17, 15) is 0 Å². The lowest BCUT2D eigenvalue weighted by atomic mass is 9.89. The van der Waals surface area contributed by atoms with Gasteiger partial charge in [-0.1, -0.05) is 182 Å². The molecule has 1 aliphatic rings. The summed E-state index contributed by atoms with van der Waals surface area (Å²) >= 11 is 0. The van der Waals surface area contributed by atoms with Crippen LogP contribution in [0.25, 0.3) is 93.9 Å². The minimum Gasteiger partial charge on any atom is -0.310 e. The molecule has 0 atom stereocenters. The summed E-state index contributed by atoms with van der Waals surface area (Å²) in [5.41, 5.74) is 21.9. The topological polar surface area (TPSA) is 8.17 Å². The molecule has 0 amide bonds. The van der Waals surface area contributed by atoms with Crippen LogP contribution in [0.3, 0.4) is 0 Å². The number of aromatic nitrogens is 1. The summed E-state index contributed by atoms with van der Waals surface area (Å²) in [5, 5.41) is 5.02. The maximum absolute atomic E-state index is 2.46. The molecule has 0 bridgehead atoms. The average molecular weight is 853 g/mol. The van der Waals surface area contributed by atoms with E-state index < -0.39 is 0 Å². The fourth-order valence-corrected chi connectivity index (χ4v) is 10.5. The highest BCUT2D eigenvalue weighted by Gasteiger charge is 2.26. The van der Waals surface area contributed by atoms with Crippen LogP contribution in [0.2, 0.25) is 0 Å². The molecule has 12 aromatic rings. The number of benzene rings is 11. The summed E-state index contributed by atoms with van der Waals surface area (Å²) in [6, 6.07) is 93.5. The Hall–Kier alpha value is -8.72. The quantitative estimate of drug-likeness (QED) is 0.155. The minimum absolute atomic E-state index is 0.838. The molecule has 13 rings (SSSR count). The zero-order valence-corrected chi connectivity index (χ0v) is 36.9. The van der Waals surface area contributed by atoms with E-state index in [-0.39, 0.29) is 0 Å². The van der Waals surface area contributed by atoms with Crippen molar-refractivity contribution in [1.29, 1.82) is 0 Å². The van der Waals surface area contributed by atoms with Gasteiger partial charge in [0.25, 0.3) is 0 Å². The lowest BCUT2D eigenvalue weighted by Gasteiger charge is -2.34. The Kier molecular flexibility index (Phi) is 9.28. The van der Waals surface area contributed by atoms with Crippen LogP contribution in [-0.2, 0) is 6.42 Å². The Morgan fingerprint density at radius 1 is 0.269 bits per heavy atom. The van der Waals surface area contributed by atoms with Gasteiger partial charge >= 0.3 is 0 Å². The van der Waals surface area contributed by atoms with Crippen molar-refractivity contribution in [1.82, 2.24) is 4.57 Å². The van der Waals surface area contributed by atoms with E-state index in [1.807, 2.05) is 0 Å². The van der Waals surface area contributed by atoms with Gasteiger partial charge in [0.15, 0.2) is 0 Å². The van der Waals surface area contributed by atoms with E-state index in [1.165, 1.54) is 111 Å². The van der Waals surface area contributed by atoms with E-state index in [0.29, 0.717) is 0 Å². The first-order valence-electron chi connectivity index (χ1n) is 23.2. The standard InChI is InChI=1S/C65H44N2/c1-4-13-44(14-5-1)47-23-31-56(32-24-47)66-62-35-27-50(39-54(62)41-55-40-53(30-36-63(55)66)59-22-12-20-49-19-10-11-21-58(49)59)48-25-33-57(34-26-48)67-64-37-28-51(45-15-6-2-7-16-45)42-60(64)61-43-52(29-38-65(61)67)46-17-8-3-9-18-46/h1-40,42-43H,41H2. The summed E-state index contributed by atoms with van der Waals surface area (Å²) in [5.74, 6) is 0. The van der Waals surface area contributed by atoms with Crippen molar-refractivity contribution in [2.24, 2.45) is 0 Å². The van der Waals surface area contributed by atoms with Crippen LogP contribution in [-0.4, -0.2) is 4.57 Å². The number of nitrogens with zero attached hydrogens (tertiary/aromatic N) is 2. The number of anilines is 3. The molecule has 1 aliphatic heterocycles. The number of hydrogen-bond donors (Lipinski definition) is 0. The first kappa shape index (κ1) is 38.7. The van der Waals surface area contributed by atoms with E-state index in [1.54, 1.807) is 0 Å². The molecule has 67 heavy (non-hydrogen) atoms. The molecule has 0 radical (unpaired) electrons. The third-order valence-electron chi connectivity index (χ3n) is 13.8. The Morgan fingerprint density at radius 2 is 0.687 bits per heavy atom. The molecule has 11 aromatic carbocycles. The predicted molar refractivity (Wildman–Crippen MR) is 283 cm³/mol. The zero-order chi connectivity index (χ0) is 44.3. The Morgan fingerprint density at radius 3 is 1.28 bits per heavy atom. The molecule has 0 aliphatic carbocycles. The average Bonchev–Trinajstić information content (AvgIpc) is 3.73. The summed E-state index contributed by atoms with van der Waals surface area (Å²) in [6.45, 7) is 0. The van der Waals surface area contributed by atoms with E-state index >= 15 is 0 Å². The fourth-order valence-electron chi connectivity index (χ4n) is 10.5. The second-order valence-corrected chi connectivity index (χ2v) is 17.7. The van der Waals surface area contributed by atoms with Gasteiger partial charge in [-0.2, -0.15) is 0 Å². The van der Waals surface area contributed by atoms with Crippen molar-refractivity contribution in [2.45, 2.75) is 6.42 Å². The number of rotatable bonds is 7. The largest absolute Gasteiger partial charge is 0.310 e. The van der Waals surface area contributed by atoms with Crippen LogP contribution in [0.4, 0.5) is 17.1 Å². The summed E-state index contributed by atoms with van der Waals surface area (Å²) in [4.78, 5) is 2.46. The van der Waals surface area contributed by atoms with Crippen molar-refractivity contribution >= 4 is 49.6 Å². The Balaban J connectivity index is 0.899. The van der Waals surface area contributed by atoms with Crippen LogP contribution in [0.15, 0.2) is 255 Å². The monoisotopic (exact) mass is 852 g/mol. The molecule has 1 aromatic heterocycles. The molecule has 0 spiro atoms. The highest BCUT2D eigenvalue weighted by Crippen LogP contribution is 2.47. The third kappa shape index (κ3) is 6.81. The van der Waals surface area contributed by atoms with Crippen molar-refractivity contribution in [2.75, 3.05) is 4.90 Å². The molecule has 2 heterocycles. The molecular weight excluding hydrogens is 809 g/mol. The molecular formula is C65H44N2. The molecule has 0 saturated carbocycles. The first-order chi connectivity index (χ1) is 33.2. The van der Waals surface area contributed by atoms with Crippen molar-refractivity contribution in [3.63, 3.8) is 0 Å². The van der Waals surface area contributed by atoms with Crippen LogP contribution in [0, 0.1) is 0 Å². The molecule has 2 heteroatoms. The van der Waals surface area contributed by atoms with Gasteiger partial charge < -0.3 is 9.47 Å². The summed E-state index contributed by atoms with van der Waals surface area (Å²) in [6.07, 6.45) is 0.838. The van der Waals surface area contributed by atoms with E-state index in [2.05, 4.69) is 264 Å². The zero-order valence-electron chi connectivity index (χ0n) is 36.9. The highest BCUT2D eigenvalue weighted by atomic mass is 15.2. The van der Waals surface area contributed by atoms with Gasteiger partial charge in [-0.05, 0) is 150 Å². The van der Waals surface area contributed by atoms with E-state index in [4.69, 9.17) is 0 Å². The van der Waals surface area contributed by atoms with Crippen molar-refractivity contribution in [3.05, 3.63) is 266 Å². The van der Waals surface area contributed by atoms with Gasteiger partial charge in [-0.15, -0.1) is 0 Å². The van der Waals surface area contributed by atoms with Crippen LogP contribution in [0.1, 0.15) is 11.1 Å². The van der Waals surface area contributed by atoms with Crippen LogP contribution in [0.5, 0.6) is 0 Å². The molecule has 0 saturated heterocycles. The Bertz CT molecular complexity index is 3690. The van der Waals surface area contributed by atoms with Gasteiger partial charge in [0, 0.05) is 39.9 Å². The second-order valence-electron chi connectivity index (χ2n) is 17.7.